The molecule has 1 unspecified atom stereocenters. The molecule has 1 aliphatic rings. The quantitative estimate of drug-likeness (QED) is 0.735. The first-order chi connectivity index (χ1) is 8.20. The molecule has 0 bridgehead atoms. The van der Waals surface area contributed by atoms with E-state index in [-0.39, 0.29) is 23.7 Å². The number of ether oxygens (including phenoxy) is 1. The summed E-state index contributed by atoms with van der Waals surface area (Å²) in [5.41, 5.74) is 10.7. The zero-order valence-electron chi connectivity index (χ0n) is 11.4. The molecule has 4 N–H and O–H groups in total. The summed E-state index contributed by atoms with van der Waals surface area (Å²) in [7, 11) is 0. The molecule has 5 heteroatoms. The largest absolute Gasteiger partial charge is 0.459 e. The Labute approximate surface area is 108 Å². The number of nitrogens with two attached hydrogens (primary N) is 2. The highest BCUT2D eigenvalue weighted by Gasteiger charge is 2.33. The smallest absolute Gasteiger partial charge is 0.323 e. The first kappa shape index (κ1) is 15.0. The maximum Gasteiger partial charge on any atom is 0.323 e. The molecular weight excluding hydrogens is 232 g/mol. The van der Waals surface area contributed by atoms with Crippen LogP contribution in [-0.2, 0) is 14.3 Å². The van der Waals surface area contributed by atoms with Crippen LogP contribution in [0, 0.1) is 11.8 Å². The summed E-state index contributed by atoms with van der Waals surface area (Å²) in [6.45, 7) is 5.46. The first-order valence-electron chi connectivity index (χ1n) is 6.48. The number of amides is 1. The summed E-state index contributed by atoms with van der Waals surface area (Å²) < 4.78 is 5.27. The lowest BCUT2D eigenvalue weighted by Gasteiger charge is -2.31. The van der Waals surface area contributed by atoms with Crippen molar-refractivity contribution >= 4 is 11.9 Å². The molecule has 104 valence electrons. The standard InChI is InChI=1S/C13H24N2O3/c1-13(2,3)18-12(17)10(14)8-4-6-9(7-5-8)11(15)16/h8-10H,4-7,14H2,1-3H3,(H2,15,16). The SMILES string of the molecule is CC(C)(C)OC(=O)C(N)C1CCC(C(N)=O)CC1. The van der Waals surface area contributed by atoms with Crippen molar-refractivity contribution in [1.29, 1.82) is 0 Å². The van der Waals surface area contributed by atoms with Gasteiger partial charge in [0.2, 0.25) is 5.91 Å². The highest BCUT2D eigenvalue weighted by atomic mass is 16.6. The van der Waals surface area contributed by atoms with Crippen LogP contribution in [0.15, 0.2) is 0 Å². The topological polar surface area (TPSA) is 95.4 Å². The molecule has 5 nitrogen and oxygen atoms in total. The van der Waals surface area contributed by atoms with Crippen molar-refractivity contribution in [3.05, 3.63) is 0 Å². The van der Waals surface area contributed by atoms with Crippen LogP contribution in [0.3, 0.4) is 0 Å². The lowest BCUT2D eigenvalue weighted by atomic mass is 9.78. The molecule has 18 heavy (non-hydrogen) atoms. The van der Waals surface area contributed by atoms with Gasteiger partial charge in [-0.25, -0.2) is 0 Å². The van der Waals surface area contributed by atoms with Crippen molar-refractivity contribution in [2.75, 3.05) is 0 Å². The van der Waals surface area contributed by atoms with Crippen molar-refractivity contribution in [2.45, 2.75) is 58.1 Å². The van der Waals surface area contributed by atoms with Gasteiger partial charge in [0.05, 0.1) is 0 Å². The molecule has 1 fully saturated rings. The van der Waals surface area contributed by atoms with Crippen LogP contribution in [0.5, 0.6) is 0 Å². The second-order valence-corrected chi connectivity index (χ2v) is 6.07. The molecule has 0 aromatic heterocycles. The van der Waals surface area contributed by atoms with E-state index in [1.807, 2.05) is 20.8 Å². The first-order valence-corrected chi connectivity index (χ1v) is 6.48. The molecule has 1 aliphatic carbocycles. The number of hydrogen-bond donors (Lipinski definition) is 2. The maximum atomic E-state index is 11.8. The normalized spacial score (nSPS) is 26.4. The third-order valence-corrected chi connectivity index (χ3v) is 3.36. The molecular formula is C13H24N2O3. The predicted molar refractivity (Wildman–Crippen MR) is 68.5 cm³/mol. The number of carbonyl (C=O) groups is 2. The summed E-state index contributed by atoms with van der Waals surface area (Å²) >= 11 is 0. The van der Waals surface area contributed by atoms with Gasteiger partial charge in [-0.15, -0.1) is 0 Å². The maximum absolute atomic E-state index is 11.8. The van der Waals surface area contributed by atoms with Gasteiger partial charge >= 0.3 is 5.97 Å². The predicted octanol–water partition coefficient (Wildman–Crippen LogP) is 0.947. The minimum atomic E-state index is -0.599. The van der Waals surface area contributed by atoms with E-state index in [0.717, 1.165) is 25.7 Å². The van der Waals surface area contributed by atoms with Gasteiger partial charge in [-0.1, -0.05) is 0 Å². The second kappa shape index (κ2) is 5.69. The zero-order chi connectivity index (χ0) is 13.9. The zero-order valence-corrected chi connectivity index (χ0v) is 11.4. The van der Waals surface area contributed by atoms with Crippen LogP contribution in [0.25, 0.3) is 0 Å². The molecule has 0 aromatic rings. The summed E-state index contributed by atoms with van der Waals surface area (Å²) in [6, 6.07) is -0.599. The number of rotatable bonds is 3. The molecule has 0 radical (unpaired) electrons. The van der Waals surface area contributed by atoms with Crippen LogP contribution in [0.4, 0.5) is 0 Å². The van der Waals surface area contributed by atoms with Gasteiger partial charge < -0.3 is 16.2 Å². The van der Waals surface area contributed by atoms with Crippen LogP contribution < -0.4 is 11.5 Å². The Morgan fingerprint density at radius 1 is 1.17 bits per heavy atom. The third-order valence-electron chi connectivity index (χ3n) is 3.36. The third kappa shape index (κ3) is 4.29. The molecule has 0 heterocycles. The van der Waals surface area contributed by atoms with Crippen molar-refractivity contribution in [1.82, 2.24) is 0 Å². The van der Waals surface area contributed by atoms with E-state index in [0.29, 0.717) is 0 Å². The number of esters is 1. The lowest BCUT2D eigenvalue weighted by Crippen LogP contribution is -2.44. The average molecular weight is 256 g/mol. The van der Waals surface area contributed by atoms with Crippen LogP contribution >= 0.6 is 0 Å². The average Bonchev–Trinajstić information content (AvgIpc) is 2.26. The Hall–Kier alpha value is -1.10. The van der Waals surface area contributed by atoms with Gasteiger partial charge in [0, 0.05) is 5.92 Å². The monoisotopic (exact) mass is 256 g/mol. The Kier molecular flexibility index (Phi) is 4.73. The van der Waals surface area contributed by atoms with E-state index in [1.165, 1.54) is 0 Å². The Bertz CT molecular complexity index is 315. The van der Waals surface area contributed by atoms with Crippen LogP contribution in [0.1, 0.15) is 46.5 Å². The molecule has 0 saturated heterocycles. The molecule has 1 rings (SSSR count). The molecule has 1 saturated carbocycles. The Balaban J connectivity index is 2.47. The summed E-state index contributed by atoms with van der Waals surface area (Å²) in [5, 5.41) is 0. The van der Waals surface area contributed by atoms with E-state index in [1.54, 1.807) is 0 Å². The van der Waals surface area contributed by atoms with Crippen molar-refractivity contribution in [3.8, 4) is 0 Å². The number of primary amides is 1. The van der Waals surface area contributed by atoms with Crippen molar-refractivity contribution < 1.29 is 14.3 Å². The fraction of sp³-hybridized carbons (Fsp3) is 0.846. The Morgan fingerprint density at radius 2 is 1.67 bits per heavy atom. The second-order valence-electron chi connectivity index (χ2n) is 6.07. The van der Waals surface area contributed by atoms with E-state index in [4.69, 9.17) is 16.2 Å². The molecule has 0 aliphatic heterocycles. The van der Waals surface area contributed by atoms with Gasteiger partial charge in [0.15, 0.2) is 0 Å². The van der Waals surface area contributed by atoms with Gasteiger partial charge in [-0.3, -0.25) is 9.59 Å². The van der Waals surface area contributed by atoms with E-state index in [2.05, 4.69) is 0 Å². The number of carbonyl (C=O) groups excluding carboxylic acids is 2. The van der Waals surface area contributed by atoms with E-state index < -0.39 is 11.6 Å². The van der Waals surface area contributed by atoms with Gasteiger partial charge in [-0.2, -0.15) is 0 Å². The molecule has 0 aromatic carbocycles. The highest BCUT2D eigenvalue weighted by molar-refractivity contribution is 5.77. The van der Waals surface area contributed by atoms with Crippen molar-refractivity contribution in [3.63, 3.8) is 0 Å². The minimum absolute atomic E-state index is 0.0629. The van der Waals surface area contributed by atoms with Crippen LogP contribution in [-0.4, -0.2) is 23.5 Å². The Morgan fingerprint density at radius 3 is 2.06 bits per heavy atom. The lowest BCUT2D eigenvalue weighted by molar-refractivity contribution is -0.158. The van der Waals surface area contributed by atoms with E-state index in [9.17, 15) is 9.59 Å². The summed E-state index contributed by atoms with van der Waals surface area (Å²) in [6.07, 6.45) is 2.95. The van der Waals surface area contributed by atoms with Crippen molar-refractivity contribution in [2.24, 2.45) is 23.3 Å². The molecule has 1 amide bonds. The van der Waals surface area contributed by atoms with Gasteiger partial charge in [-0.05, 0) is 52.4 Å². The van der Waals surface area contributed by atoms with Gasteiger partial charge in [0.1, 0.15) is 11.6 Å². The fourth-order valence-electron chi connectivity index (χ4n) is 2.33. The molecule has 1 atom stereocenters. The summed E-state index contributed by atoms with van der Waals surface area (Å²) in [4.78, 5) is 22.9. The summed E-state index contributed by atoms with van der Waals surface area (Å²) in [5.74, 6) is -0.577. The fourth-order valence-corrected chi connectivity index (χ4v) is 2.33. The van der Waals surface area contributed by atoms with Crippen LogP contribution in [0.2, 0.25) is 0 Å². The minimum Gasteiger partial charge on any atom is -0.459 e. The molecule has 0 spiro atoms. The van der Waals surface area contributed by atoms with Gasteiger partial charge in [0.25, 0.3) is 0 Å². The van der Waals surface area contributed by atoms with E-state index >= 15 is 0 Å². The number of hydrogen-bond acceptors (Lipinski definition) is 4. The highest BCUT2D eigenvalue weighted by Crippen LogP contribution is 2.30.